The van der Waals surface area contributed by atoms with Crippen molar-refractivity contribution < 1.29 is 4.79 Å². The predicted molar refractivity (Wildman–Crippen MR) is 86.0 cm³/mol. The van der Waals surface area contributed by atoms with Gasteiger partial charge in [-0.25, -0.2) is 0 Å². The Hall–Kier alpha value is -1.95. The number of nitrogens with zero attached hydrogens (tertiary/aromatic N) is 4. The topological polar surface area (TPSA) is 50.5 Å². The second-order valence-electron chi connectivity index (χ2n) is 5.13. The van der Waals surface area contributed by atoms with Gasteiger partial charge in [0.1, 0.15) is 10.7 Å². The third-order valence-corrected chi connectivity index (χ3v) is 4.33. The van der Waals surface area contributed by atoms with Crippen molar-refractivity contribution in [3.63, 3.8) is 0 Å². The fourth-order valence-electron chi connectivity index (χ4n) is 2.20. The van der Waals surface area contributed by atoms with Gasteiger partial charge >= 0.3 is 0 Å². The van der Waals surface area contributed by atoms with E-state index in [0.29, 0.717) is 18.0 Å². The highest BCUT2D eigenvalue weighted by molar-refractivity contribution is 7.19. The molecule has 2 rings (SSSR count). The van der Waals surface area contributed by atoms with E-state index in [4.69, 9.17) is 0 Å². The molecule has 2 heterocycles. The monoisotopic (exact) mass is 304 g/mol. The van der Waals surface area contributed by atoms with Gasteiger partial charge in [-0.3, -0.25) is 9.20 Å². The molecule has 0 bridgehead atoms. The molecule has 0 aliphatic heterocycles. The van der Waals surface area contributed by atoms with Gasteiger partial charge in [-0.15, -0.1) is 23.4 Å². The van der Waals surface area contributed by atoms with Gasteiger partial charge in [0.15, 0.2) is 0 Å². The van der Waals surface area contributed by atoms with Gasteiger partial charge in [0.25, 0.3) is 5.91 Å². The van der Waals surface area contributed by atoms with Crippen molar-refractivity contribution in [2.24, 2.45) is 0 Å². The van der Waals surface area contributed by atoms with Crippen LogP contribution >= 0.6 is 11.3 Å². The number of carbonyl (C=O) groups is 1. The number of carbonyl (C=O) groups excluding carboxylic acids is 1. The summed E-state index contributed by atoms with van der Waals surface area (Å²) in [4.78, 5) is 15.8. The summed E-state index contributed by atoms with van der Waals surface area (Å²) in [6.45, 7) is 14.5. The smallest absolute Gasteiger partial charge is 0.266 e. The van der Waals surface area contributed by atoms with Gasteiger partial charge in [-0.05, 0) is 6.92 Å². The molecule has 0 aliphatic rings. The molecule has 2 aromatic heterocycles. The number of rotatable bonds is 6. The molecule has 2 aromatic rings. The largest absolute Gasteiger partial charge is 0.330 e. The Labute approximate surface area is 128 Å². The van der Waals surface area contributed by atoms with Crippen molar-refractivity contribution in [2.45, 2.75) is 26.7 Å². The van der Waals surface area contributed by atoms with E-state index in [0.717, 1.165) is 16.5 Å². The lowest BCUT2D eigenvalue weighted by atomic mass is 10.2. The van der Waals surface area contributed by atoms with Crippen molar-refractivity contribution in [2.75, 3.05) is 13.1 Å². The van der Waals surface area contributed by atoms with Gasteiger partial charge in [0.2, 0.25) is 4.96 Å². The zero-order valence-electron chi connectivity index (χ0n) is 12.7. The summed E-state index contributed by atoms with van der Waals surface area (Å²) in [5, 5.41) is 8.38. The van der Waals surface area contributed by atoms with Crippen molar-refractivity contribution in [1.29, 1.82) is 0 Å². The fourth-order valence-corrected chi connectivity index (χ4v) is 3.24. The molecule has 0 spiro atoms. The van der Waals surface area contributed by atoms with Gasteiger partial charge < -0.3 is 4.90 Å². The fraction of sp³-hybridized carbons (Fsp3) is 0.400. The highest BCUT2D eigenvalue weighted by Gasteiger charge is 2.23. The minimum absolute atomic E-state index is 0.0162. The quantitative estimate of drug-likeness (QED) is 0.771. The number of amides is 1. The highest BCUT2D eigenvalue weighted by atomic mass is 32.1. The Balaban J connectivity index is 2.46. The number of hydrogen-bond donors (Lipinski definition) is 0. The number of hydrogen-bond acceptors (Lipinski definition) is 4. The predicted octanol–water partition coefficient (Wildman–Crippen LogP) is 3.04. The summed E-state index contributed by atoms with van der Waals surface area (Å²) < 4.78 is 1.97. The van der Waals surface area contributed by atoms with Gasteiger partial charge in [-0.2, -0.15) is 0 Å². The summed E-state index contributed by atoms with van der Waals surface area (Å²) in [6.07, 6.45) is 3.44. The van der Waals surface area contributed by atoms with Crippen LogP contribution in [0.1, 0.15) is 41.0 Å². The standard InChI is InChI=1S/C15H20N4OS/c1-6-8-18(9-7-2)14(20)12-11(5)19-13(10(3)4)16-17-15(19)21-12/h6-7,10H,1-2,8-9H2,3-5H3. The van der Waals surface area contributed by atoms with Crippen LogP contribution in [-0.2, 0) is 0 Å². The Bertz CT molecular complexity index is 673. The van der Waals surface area contributed by atoms with Gasteiger partial charge in [0, 0.05) is 24.7 Å². The van der Waals surface area contributed by atoms with E-state index >= 15 is 0 Å². The molecular formula is C15H20N4OS. The molecule has 112 valence electrons. The second-order valence-corrected chi connectivity index (χ2v) is 6.11. The van der Waals surface area contributed by atoms with E-state index in [1.54, 1.807) is 17.1 Å². The van der Waals surface area contributed by atoms with Crippen LogP contribution in [0.4, 0.5) is 0 Å². The van der Waals surface area contributed by atoms with Crippen LogP contribution in [0, 0.1) is 6.92 Å². The van der Waals surface area contributed by atoms with E-state index in [9.17, 15) is 4.79 Å². The average Bonchev–Trinajstić information content (AvgIpc) is 2.99. The summed E-state index contributed by atoms with van der Waals surface area (Å²) in [5.41, 5.74) is 0.895. The number of aromatic nitrogens is 3. The van der Waals surface area contributed by atoms with Gasteiger partial charge in [-0.1, -0.05) is 37.3 Å². The zero-order valence-corrected chi connectivity index (χ0v) is 13.5. The second kappa shape index (κ2) is 6.22. The number of thiazole rings is 1. The van der Waals surface area contributed by atoms with E-state index in [1.165, 1.54) is 11.3 Å². The molecule has 0 saturated carbocycles. The molecule has 0 radical (unpaired) electrons. The Morgan fingerprint density at radius 3 is 2.48 bits per heavy atom. The first-order valence-electron chi connectivity index (χ1n) is 6.86. The first-order chi connectivity index (χ1) is 10.0. The number of fused-ring (bicyclic) bond motifs is 1. The maximum atomic E-state index is 12.7. The van der Waals surface area contributed by atoms with E-state index < -0.39 is 0 Å². The third-order valence-electron chi connectivity index (χ3n) is 3.21. The first kappa shape index (κ1) is 15.4. The van der Waals surface area contributed by atoms with Crippen LogP contribution in [0.2, 0.25) is 0 Å². The molecular weight excluding hydrogens is 284 g/mol. The SMILES string of the molecule is C=CCN(CC=C)C(=O)c1sc2nnc(C(C)C)n2c1C. The molecule has 0 unspecified atom stereocenters. The van der Waals surface area contributed by atoms with Crippen LogP contribution in [0.25, 0.3) is 4.96 Å². The van der Waals surface area contributed by atoms with Crippen LogP contribution in [0.3, 0.4) is 0 Å². The molecule has 0 atom stereocenters. The lowest BCUT2D eigenvalue weighted by Gasteiger charge is -2.18. The van der Waals surface area contributed by atoms with Crippen LogP contribution < -0.4 is 0 Å². The van der Waals surface area contributed by atoms with Crippen molar-refractivity contribution in [3.8, 4) is 0 Å². The lowest BCUT2D eigenvalue weighted by Crippen LogP contribution is -2.31. The van der Waals surface area contributed by atoms with Crippen LogP contribution in [-0.4, -0.2) is 38.5 Å². The summed E-state index contributed by atoms with van der Waals surface area (Å²) >= 11 is 1.38. The van der Waals surface area contributed by atoms with Crippen molar-refractivity contribution >= 4 is 22.2 Å². The van der Waals surface area contributed by atoms with E-state index in [1.807, 2.05) is 11.3 Å². The van der Waals surface area contributed by atoms with E-state index in [2.05, 4.69) is 37.2 Å². The molecule has 21 heavy (non-hydrogen) atoms. The summed E-state index contributed by atoms with van der Waals surface area (Å²) in [7, 11) is 0. The number of aryl methyl sites for hydroxylation is 1. The molecule has 5 nitrogen and oxygen atoms in total. The molecule has 0 fully saturated rings. The molecule has 0 saturated heterocycles. The Morgan fingerprint density at radius 1 is 1.33 bits per heavy atom. The average molecular weight is 304 g/mol. The Morgan fingerprint density at radius 2 is 1.95 bits per heavy atom. The minimum atomic E-state index is -0.0162. The summed E-state index contributed by atoms with van der Waals surface area (Å²) in [6, 6.07) is 0. The molecule has 0 aliphatic carbocycles. The normalized spacial score (nSPS) is 11.0. The van der Waals surface area contributed by atoms with Crippen LogP contribution in [0.15, 0.2) is 25.3 Å². The van der Waals surface area contributed by atoms with Crippen molar-refractivity contribution in [1.82, 2.24) is 19.5 Å². The molecule has 6 heteroatoms. The first-order valence-corrected chi connectivity index (χ1v) is 7.68. The van der Waals surface area contributed by atoms with E-state index in [-0.39, 0.29) is 11.8 Å². The van der Waals surface area contributed by atoms with Crippen LogP contribution in [0.5, 0.6) is 0 Å². The Kier molecular flexibility index (Phi) is 4.57. The third kappa shape index (κ3) is 2.76. The maximum absolute atomic E-state index is 12.7. The van der Waals surface area contributed by atoms with Gasteiger partial charge in [0.05, 0.1) is 0 Å². The zero-order chi connectivity index (χ0) is 15.6. The minimum Gasteiger partial charge on any atom is -0.330 e. The molecule has 0 aromatic carbocycles. The maximum Gasteiger partial charge on any atom is 0.266 e. The lowest BCUT2D eigenvalue weighted by molar-refractivity contribution is 0.0794. The molecule has 0 N–H and O–H groups in total. The highest BCUT2D eigenvalue weighted by Crippen LogP contribution is 2.26. The van der Waals surface area contributed by atoms with Crippen molar-refractivity contribution in [3.05, 3.63) is 41.7 Å². The molecule has 1 amide bonds. The summed E-state index contributed by atoms with van der Waals surface area (Å²) in [5.74, 6) is 1.13.